The molecule has 0 atom stereocenters. The summed E-state index contributed by atoms with van der Waals surface area (Å²) in [5.41, 5.74) is 0.442. The van der Waals surface area contributed by atoms with Crippen LogP contribution < -0.4 is 9.64 Å². The summed E-state index contributed by atoms with van der Waals surface area (Å²) in [6, 6.07) is 11.7. The predicted octanol–water partition coefficient (Wildman–Crippen LogP) is 5.77. The molecule has 2 aromatic rings. The van der Waals surface area contributed by atoms with Gasteiger partial charge in [-0.25, -0.2) is 13.2 Å². The van der Waals surface area contributed by atoms with Crippen LogP contribution in [0.15, 0.2) is 47.4 Å². The molecule has 170 valence electrons. The Kier molecular flexibility index (Phi) is 8.92. The Morgan fingerprint density at radius 1 is 1.03 bits per heavy atom. The van der Waals surface area contributed by atoms with Gasteiger partial charge in [-0.2, -0.15) is 0 Å². The highest BCUT2D eigenvalue weighted by Crippen LogP contribution is 2.41. The van der Waals surface area contributed by atoms with Crippen molar-refractivity contribution < 1.29 is 23.1 Å². The molecule has 0 aliphatic heterocycles. The number of rotatable bonds is 12. The first-order chi connectivity index (χ1) is 14.7. The highest BCUT2D eigenvalue weighted by atomic mass is 32.2. The molecule has 2 rings (SSSR count). The van der Waals surface area contributed by atoms with Gasteiger partial charge in [-0.05, 0) is 51.0 Å². The first-order valence-electron chi connectivity index (χ1n) is 10.8. The summed E-state index contributed by atoms with van der Waals surface area (Å²) < 4.78 is 32.6. The lowest BCUT2D eigenvalue weighted by Crippen LogP contribution is -2.27. The Morgan fingerprint density at radius 3 is 2.10 bits per heavy atom. The van der Waals surface area contributed by atoms with Gasteiger partial charge in [-0.15, -0.1) is 0 Å². The van der Waals surface area contributed by atoms with Crippen molar-refractivity contribution in [3.8, 4) is 11.5 Å². The monoisotopic (exact) mass is 447 g/mol. The van der Waals surface area contributed by atoms with Gasteiger partial charge in [-0.3, -0.25) is 0 Å². The fraction of sp³-hybridized carbons (Fsp3) is 0.458. The highest BCUT2D eigenvalue weighted by molar-refractivity contribution is 7.92. The van der Waals surface area contributed by atoms with E-state index in [-0.39, 0.29) is 16.2 Å². The van der Waals surface area contributed by atoms with Gasteiger partial charge in [0.15, 0.2) is 15.6 Å². The number of sulfone groups is 1. The van der Waals surface area contributed by atoms with Crippen molar-refractivity contribution >= 4 is 21.5 Å². The number of carbonyl (C=O) groups is 1. The number of hydrogen-bond donors (Lipinski definition) is 1. The number of carboxylic acids is 1. The molecule has 0 bridgehead atoms. The zero-order valence-electron chi connectivity index (χ0n) is 18.8. The van der Waals surface area contributed by atoms with Gasteiger partial charge in [0.25, 0.3) is 0 Å². The van der Waals surface area contributed by atoms with Gasteiger partial charge < -0.3 is 14.7 Å². The van der Waals surface area contributed by atoms with E-state index in [1.165, 1.54) is 12.1 Å². The number of unbranched alkanes of at least 4 members (excludes halogenated alkanes) is 2. The van der Waals surface area contributed by atoms with Crippen molar-refractivity contribution in [1.82, 2.24) is 0 Å². The number of carboxylic acid groups (broad SMARTS) is 1. The Hall–Kier alpha value is -2.54. The second-order valence-corrected chi connectivity index (χ2v) is 10.3. The van der Waals surface area contributed by atoms with Crippen LogP contribution in [0.1, 0.15) is 63.7 Å². The Balaban J connectivity index is 2.79. The highest BCUT2D eigenvalue weighted by Gasteiger charge is 2.30. The van der Waals surface area contributed by atoms with E-state index in [4.69, 9.17) is 4.74 Å². The van der Waals surface area contributed by atoms with Crippen molar-refractivity contribution in [2.45, 2.75) is 63.5 Å². The summed E-state index contributed by atoms with van der Waals surface area (Å²) >= 11 is 0. The molecule has 0 unspecified atom stereocenters. The van der Waals surface area contributed by atoms with Crippen molar-refractivity contribution in [3.05, 3.63) is 48.0 Å². The van der Waals surface area contributed by atoms with Crippen LogP contribution in [0.3, 0.4) is 0 Å². The topological polar surface area (TPSA) is 83.9 Å². The van der Waals surface area contributed by atoms with Crippen molar-refractivity contribution in [2.24, 2.45) is 0 Å². The molecular formula is C24H33NO5S. The lowest BCUT2D eigenvalue weighted by atomic mass is 10.1. The van der Waals surface area contributed by atoms with Crippen LogP contribution in [-0.2, 0) is 9.84 Å². The minimum absolute atomic E-state index is 0.0624. The number of ether oxygens (including phenoxy) is 1. The molecule has 0 aliphatic rings. The summed E-state index contributed by atoms with van der Waals surface area (Å²) in [4.78, 5) is 13.8. The largest absolute Gasteiger partial charge is 0.478 e. The smallest absolute Gasteiger partial charge is 0.335 e. The molecule has 6 nitrogen and oxygen atoms in total. The second kappa shape index (κ2) is 11.2. The molecule has 0 spiro atoms. The third-order valence-electron chi connectivity index (χ3n) is 5.08. The summed E-state index contributed by atoms with van der Waals surface area (Å²) in [6.07, 6.45) is 3.73. The van der Waals surface area contributed by atoms with E-state index in [0.717, 1.165) is 25.7 Å². The maximum Gasteiger partial charge on any atom is 0.335 e. The molecule has 2 aromatic carbocycles. The number of para-hydroxylation sites is 1. The molecule has 0 amide bonds. The molecule has 0 fully saturated rings. The molecule has 0 heterocycles. The Labute approximate surface area is 185 Å². The number of hydrogen-bond acceptors (Lipinski definition) is 5. The van der Waals surface area contributed by atoms with Gasteiger partial charge in [0.1, 0.15) is 10.6 Å². The number of benzene rings is 2. The molecular weight excluding hydrogens is 414 g/mol. The average molecular weight is 448 g/mol. The third-order valence-corrected chi connectivity index (χ3v) is 7.23. The third kappa shape index (κ3) is 6.23. The van der Waals surface area contributed by atoms with Crippen LogP contribution >= 0.6 is 0 Å². The van der Waals surface area contributed by atoms with Crippen LogP contribution in [0.4, 0.5) is 5.69 Å². The summed E-state index contributed by atoms with van der Waals surface area (Å²) in [5.74, 6) is -0.478. The van der Waals surface area contributed by atoms with Gasteiger partial charge in [0.05, 0.1) is 16.5 Å². The number of anilines is 1. The van der Waals surface area contributed by atoms with Gasteiger partial charge in [0, 0.05) is 13.1 Å². The van der Waals surface area contributed by atoms with Crippen molar-refractivity contribution in [3.63, 3.8) is 0 Å². The van der Waals surface area contributed by atoms with E-state index in [0.29, 0.717) is 24.5 Å². The lowest BCUT2D eigenvalue weighted by Gasteiger charge is -2.28. The summed E-state index contributed by atoms with van der Waals surface area (Å²) in [6.45, 7) is 8.71. The normalized spacial score (nSPS) is 11.5. The Bertz CT molecular complexity index is 963. The van der Waals surface area contributed by atoms with Crippen LogP contribution in [0.5, 0.6) is 11.5 Å². The maximum absolute atomic E-state index is 13.2. The standard InChI is InChI=1S/C24H33NO5S/c1-5-7-14-25(15-8-6-2)21-16-19(24(26)27)17-22(31(28,29)18(3)4)23(21)30-20-12-10-9-11-13-20/h9-13,16-18H,5-8,14-15H2,1-4H3,(H,26,27). The van der Waals surface area contributed by atoms with Crippen LogP contribution in [0.25, 0.3) is 0 Å². The molecule has 31 heavy (non-hydrogen) atoms. The van der Waals surface area contributed by atoms with Gasteiger partial charge >= 0.3 is 5.97 Å². The van der Waals surface area contributed by atoms with Crippen LogP contribution in [0.2, 0.25) is 0 Å². The summed E-state index contributed by atoms with van der Waals surface area (Å²) in [7, 11) is -3.80. The fourth-order valence-electron chi connectivity index (χ4n) is 3.17. The van der Waals surface area contributed by atoms with Crippen LogP contribution in [0, 0.1) is 0 Å². The van der Waals surface area contributed by atoms with Crippen molar-refractivity contribution in [1.29, 1.82) is 0 Å². The van der Waals surface area contributed by atoms with Gasteiger partial charge in [0.2, 0.25) is 0 Å². The van der Waals surface area contributed by atoms with E-state index >= 15 is 0 Å². The quantitative estimate of drug-likeness (QED) is 0.445. The summed E-state index contributed by atoms with van der Waals surface area (Å²) in [5, 5.41) is 8.98. The maximum atomic E-state index is 13.2. The fourth-order valence-corrected chi connectivity index (χ4v) is 4.37. The SMILES string of the molecule is CCCCN(CCCC)c1cc(C(=O)O)cc(S(=O)(=O)C(C)C)c1Oc1ccccc1. The van der Waals surface area contributed by atoms with Gasteiger partial charge in [-0.1, -0.05) is 44.9 Å². The van der Waals surface area contributed by atoms with Crippen molar-refractivity contribution in [2.75, 3.05) is 18.0 Å². The van der Waals surface area contributed by atoms with E-state index in [9.17, 15) is 18.3 Å². The number of aromatic carboxylic acids is 1. The van der Waals surface area contributed by atoms with E-state index in [1.54, 1.807) is 26.0 Å². The first kappa shape index (κ1) is 24.7. The van der Waals surface area contributed by atoms with Crippen LogP contribution in [-0.4, -0.2) is 37.8 Å². The first-order valence-corrected chi connectivity index (χ1v) is 12.4. The predicted molar refractivity (Wildman–Crippen MR) is 124 cm³/mol. The Morgan fingerprint density at radius 2 is 1.61 bits per heavy atom. The molecule has 7 heteroatoms. The average Bonchev–Trinajstić information content (AvgIpc) is 2.74. The van der Waals surface area contributed by atoms with E-state index in [2.05, 4.69) is 18.7 Å². The molecule has 0 saturated heterocycles. The van der Waals surface area contributed by atoms with E-state index in [1.807, 2.05) is 18.2 Å². The molecule has 0 radical (unpaired) electrons. The zero-order chi connectivity index (χ0) is 23.0. The molecule has 1 N–H and O–H groups in total. The lowest BCUT2D eigenvalue weighted by molar-refractivity contribution is 0.0696. The molecule has 0 aliphatic carbocycles. The minimum atomic E-state index is -3.80. The van der Waals surface area contributed by atoms with E-state index < -0.39 is 21.1 Å². The second-order valence-electron chi connectivity index (χ2n) is 7.83. The minimum Gasteiger partial charge on any atom is -0.478 e. The molecule has 0 saturated carbocycles. The molecule has 0 aromatic heterocycles. The number of nitrogens with zero attached hydrogens (tertiary/aromatic N) is 1. The zero-order valence-corrected chi connectivity index (χ0v) is 19.6.